The van der Waals surface area contributed by atoms with Crippen molar-refractivity contribution in [2.24, 2.45) is 0 Å². The molecule has 2 aromatic rings. The smallest absolute Gasteiger partial charge is 0.209 e. The normalized spacial score (nSPS) is 30.1. The number of aromatic nitrogens is 2. The molecule has 2 aliphatic rings. The third-order valence-corrected chi connectivity index (χ3v) is 4.72. The Balaban J connectivity index is 1.66. The Morgan fingerprint density at radius 3 is 2.91 bits per heavy atom. The Morgan fingerprint density at radius 1 is 1.35 bits per heavy atom. The summed E-state index contributed by atoms with van der Waals surface area (Å²) in [6.45, 7) is 0.367. The summed E-state index contributed by atoms with van der Waals surface area (Å²) in [5.41, 5.74) is 0.511. The monoisotopic (exact) mass is 364 g/mol. The number of hydrogen-bond donors (Lipinski definition) is 1. The summed E-state index contributed by atoms with van der Waals surface area (Å²) in [5, 5.41) is 9.42. The highest BCUT2D eigenvalue weighted by molar-refractivity contribution is 7.93. The number of aliphatic hydroxyl groups excluding tert-OH is 1. The Bertz CT molecular complexity index is 761. The maximum atomic E-state index is 13.6. The molecule has 2 aromatic heterocycles. The molecule has 4 atom stereocenters. The topological polar surface area (TPSA) is 65.7 Å². The molecule has 0 aliphatic carbocycles. The summed E-state index contributed by atoms with van der Waals surface area (Å²) >= 11 is 5.51. The number of nitrogens with zero attached hydrogens (tertiary/aromatic N) is 2. The molecule has 4 heterocycles. The van der Waals surface area contributed by atoms with Crippen LogP contribution in [0, 0.1) is 5.82 Å². The van der Waals surface area contributed by atoms with E-state index in [1.54, 1.807) is 0 Å². The predicted octanol–water partition coefficient (Wildman–Crippen LogP) is 2.12. The number of ether oxygens (including phenoxy) is 3. The summed E-state index contributed by atoms with van der Waals surface area (Å²) in [4.78, 5) is 3.86. The van der Waals surface area contributed by atoms with Crippen molar-refractivity contribution in [2.75, 3.05) is 13.2 Å². The van der Waals surface area contributed by atoms with E-state index in [-0.39, 0.29) is 42.1 Å². The van der Waals surface area contributed by atoms with Crippen molar-refractivity contribution in [2.45, 2.75) is 24.4 Å². The van der Waals surface area contributed by atoms with E-state index >= 15 is 0 Å². The first-order chi connectivity index (χ1) is 11.1. The zero-order valence-electron chi connectivity index (χ0n) is 11.5. The lowest BCUT2D eigenvalue weighted by atomic mass is 10.1. The Hall–Kier alpha value is -1.13. The van der Waals surface area contributed by atoms with E-state index in [9.17, 15) is 13.4 Å². The number of aliphatic hydroxyl groups is 1. The fourth-order valence-corrected chi connectivity index (χ4v) is 3.42. The van der Waals surface area contributed by atoms with Gasteiger partial charge in [-0.25, -0.2) is 13.3 Å². The van der Waals surface area contributed by atoms with Crippen LogP contribution in [0.25, 0.3) is 11.0 Å². The van der Waals surface area contributed by atoms with Crippen molar-refractivity contribution in [1.29, 1.82) is 0 Å². The molecule has 0 aromatic carbocycles. The van der Waals surface area contributed by atoms with Crippen LogP contribution in [0.3, 0.4) is 0 Å². The highest BCUT2D eigenvalue weighted by Gasteiger charge is 2.48. The van der Waals surface area contributed by atoms with E-state index in [4.69, 9.17) is 25.8 Å². The lowest BCUT2D eigenvalue weighted by Crippen LogP contribution is -2.34. The minimum absolute atomic E-state index is 0.134. The van der Waals surface area contributed by atoms with Crippen LogP contribution in [-0.4, -0.2) is 51.7 Å². The number of halogens is 3. The molecule has 2 fully saturated rings. The first-order valence-electron chi connectivity index (χ1n) is 6.83. The SMILES string of the molecule is O[C@@H]1COC2[C@H](Oc3cc4nc(Cl)c(F)cc4n3SF)CO[C@@H]21. The van der Waals surface area contributed by atoms with Crippen molar-refractivity contribution in [3.63, 3.8) is 0 Å². The second kappa shape index (κ2) is 5.75. The fourth-order valence-electron chi connectivity index (χ4n) is 2.89. The van der Waals surface area contributed by atoms with E-state index < -0.39 is 30.2 Å². The van der Waals surface area contributed by atoms with Gasteiger partial charge in [0.25, 0.3) is 0 Å². The predicted molar refractivity (Wildman–Crippen MR) is 78.7 cm³/mol. The lowest BCUT2D eigenvalue weighted by molar-refractivity contribution is 0.00776. The molecule has 0 bridgehead atoms. The molecule has 1 N–H and O–H groups in total. The van der Waals surface area contributed by atoms with Crippen molar-refractivity contribution >= 4 is 35.0 Å². The third kappa shape index (κ3) is 2.47. The van der Waals surface area contributed by atoms with Gasteiger partial charge in [-0.15, -0.1) is 3.89 Å². The molecular formula is C13H11ClF2N2O4S. The molecule has 4 rings (SSSR count). The largest absolute Gasteiger partial charge is 0.469 e. The average Bonchev–Trinajstić information content (AvgIpc) is 3.17. The van der Waals surface area contributed by atoms with Gasteiger partial charge in [-0.3, -0.25) is 0 Å². The van der Waals surface area contributed by atoms with Crippen LogP contribution in [0.4, 0.5) is 8.28 Å². The first-order valence-corrected chi connectivity index (χ1v) is 7.88. The van der Waals surface area contributed by atoms with E-state index in [0.717, 1.165) is 10.0 Å². The second-order valence-electron chi connectivity index (χ2n) is 5.33. The van der Waals surface area contributed by atoms with Gasteiger partial charge in [0.2, 0.25) is 5.88 Å². The fraction of sp³-hybridized carbons (Fsp3) is 0.462. The summed E-state index contributed by atoms with van der Waals surface area (Å²) < 4.78 is 44.6. The number of pyridine rings is 1. The number of fused-ring (bicyclic) bond motifs is 2. The van der Waals surface area contributed by atoms with Gasteiger partial charge in [-0.2, -0.15) is 0 Å². The number of hydrogen-bond acceptors (Lipinski definition) is 6. The molecule has 23 heavy (non-hydrogen) atoms. The van der Waals surface area contributed by atoms with Gasteiger partial charge >= 0.3 is 0 Å². The van der Waals surface area contributed by atoms with Crippen molar-refractivity contribution in [1.82, 2.24) is 8.96 Å². The summed E-state index contributed by atoms with van der Waals surface area (Å²) in [6, 6.07) is 2.56. The quantitative estimate of drug-likeness (QED) is 0.842. The van der Waals surface area contributed by atoms with E-state index in [2.05, 4.69) is 4.98 Å². The molecule has 124 valence electrons. The Morgan fingerprint density at radius 2 is 2.13 bits per heavy atom. The summed E-state index contributed by atoms with van der Waals surface area (Å²) in [7, 11) is 0. The molecule has 2 saturated heterocycles. The van der Waals surface area contributed by atoms with Crippen LogP contribution >= 0.6 is 23.9 Å². The maximum Gasteiger partial charge on any atom is 0.209 e. The van der Waals surface area contributed by atoms with Gasteiger partial charge in [0.15, 0.2) is 29.4 Å². The average molecular weight is 365 g/mol. The van der Waals surface area contributed by atoms with Crippen LogP contribution in [0.15, 0.2) is 12.1 Å². The molecule has 10 heteroatoms. The minimum atomic E-state index is -0.745. The Kier molecular flexibility index (Phi) is 3.85. The van der Waals surface area contributed by atoms with Crippen LogP contribution < -0.4 is 4.74 Å². The molecule has 6 nitrogen and oxygen atoms in total. The summed E-state index contributed by atoms with van der Waals surface area (Å²) in [5.74, 6) is -0.605. The maximum absolute atomic E-state index is 13.6. The van der Waals surface area contributed by atoms with Gasteiger partial charge in [-0.05, 0) is 0 Å². The number of rotatable bonds is 3. The lowest BCUT2D eigenvalue weighted by Gasteiger charge is -2.17. The van der Waals surface area contributed by atoms with Crippen LogP contribution in [-0.2, 0) is 9.47 Å². The molecule has 0 saturated carbocycles. The zero-order chi connectivity index (χ0) is 16.1. The van der Waals surface area contributed by atoms with Crippen molar-refractivity contribution in [3.05, 3.63) is 23.1 Å². The first kappa shape index (κ1) is 15.4. The van der Waals surface area contributed by atoms with Gasteiger partial charge < -0.3 is 19.3 Å². The van der Waals surface area contributed by atoms with Gasteiger partial charge in [-0.1, -0.05) is 11.6 Å². The molecule has 0 radical (unpaired) electrons. The van der Waals surface area contributed by atoms with Gasteiger partial charge in [0.05, 0.1) is 24.2 Å². The summed E-state index contributed by atoms with van der Waals surface area (Å²) in [6.07, 6.45) is -2.10. The highest BCUT2D eigenvalue weighted by atomic mass is 35.5. The van der Waals surface area contributed by atoms with Crippen molar-refractivity contribution in [3.8, 4) is 5.88 Å². The molecule has 0 amide bonds. The van der Waals surface area contributed by atoms with Gasteiger partial charge in [0, 0.05) is 12.1 Å². The standard InChI is InChI=1S/C13H11ClF2N2O4S/c14-13-5(15)1-7-6(17-13)2-10(18(7)23-16)22-9-4-21-11-8(19)3-20-12(9)11/h1-2,8-9,11-12,19H,3-4H2/t8-,9-,11-,12?/m1/s1. The highest BCUT2D eigenvalue weighted by Crippen LogP contribution is 2.35. The Labute approximate surface area is 138 Å². The van der Waals surface area contributed by atoms with E-state index in [1.807, 2.05) is 0 Å². The minimum Gasteiger partial charge on any atom is -0.469 e. The van der Waals surface area contributed by atoms with Crippen molar-refractivity contribution < 1.29 is 27.6 Å². The third-order valence-electron chi connectivity index (χ3n) is 3.94. The van der Waals surface area contributed by atoms with Crippen LogP contribution in [0.1, 0.15) is 0 Å². The van der Waals surface area contributed by atoms with E-state index in [1.165, 1.54) is 6.07 Å². The molecule has 2 aliphatic heterocycles. The van der Waals surface area contributed by atoms with Gasteiger partial charge in [0.1, 0.15) is 18.3 Å². The molecule has 0 spiro atoms. The zero-order valence-corrected chi connectivity index (χ0v) is 13.1. The van der Waals surface area contributed by atoms with Crippen LogP contribution in [0.5, 0.6) is 5.88 Å². The van der Waals surface area contributed by atoms with E-state index in [0.29, 0.717) is 5.52 Å². The van der Waals surface area contributed by atoms with Crippen LogP contribution in [0.2, 0.25) is 5.15 Å². The molecular weight excluding hydrogens is 354 g/mol. The molecule has 1 unspecified atom stereocenters. The second-order valence-corrected chi connectivity index (χ2v) is 6.19.